The molecular formula is C15H13N5O2S. The SMILES string of the molecule is COc1ccccc1-c1nc(NC(=O)/C=C\c2nccs2)n[nH]1. The van der Waals surface area contributed by atoms with Crippen molar-refractivity contribution in [2.45, 2.75) is 0 Å². The standard InChI is InChI=1S/C15H13N5O2S/c1-22-11-5-3-2-4-10(11)14-18-15(20-19-14)17-12(21)6-7-13-16-8-9-23-13/h2-9H,1H3,(H2,17,18,19,20,21)/b7-6-. The monoisotopic (exact) mass is 327 g/mol. The second-order valence-electron chi connectivity index (χ2n) is 4.40. The van der Waals surface area contributed by atoms with Crippen LogP contribution in [0.4, 0.5) is 5.95 Å². The lowest BCUT2D eigenvalue weighted by Gasteiger charge is -2.04. The first-order chi connectivity index (χ1) is 11.3. The van der Waals surface area contributed by atoms with Crippen LogP contribution in [0.15, 0.2) is 41.9 Å². The first-order valence-corrected chi connectivity index (χ1v) is 7.58. The van der Waals surface area contributed by atoms with Gasteiger partial charge in [-0.15, -0.1) is 16.4 Å². The Balaban J connectivity index is 1.71. The van der Waals surface area contributed by atoms with E-state index in [0.717, 1.165) is 10.6 Å². The number of nitrogens with zero attached hydrogens (tertiary/aromatic N) is 3. The number of carbonyl (C=O) groups is 1. The number of aromatic nitrogens is 4. The molecular weight excluding hydrogens is 314 g/mol. The molecule has 23 heavy (non-hydrogen) atoms. The molecule has 3 aromatic rings. The lowest BCUT2D eigenvalue weighted by Crippen LogP contribution is -2.09. The molecule has 0 atom stereocenters. The summed E-state index contributed by atoms with van der Waals surface area (Å²) in [5, 5.41) is 11.9. The number of methoxy groups -OCH3 is 1. The van der Waals surface area contributed by atoms with Crippen molar-refractivity contribution >= 4 is 29.3 Å². The van der Waals surface area contributed by atoms with E-state index < -0.39 is 0 Å². The van der Waals surface area contributed by atoms with E-state index >= 15 is 0 Å². The molecule has 0 saturated heterocycles. The van der Waals surface area contributed by atoms with Gasteiger partial charge in [-0.25, -0.2) is 4.98 Å². The normalized spacial score (nSPS) is 10.8. The van der Waals surface area contributed by atoms with Crippen LogP contribution in [0.5, 0.6) is 5.75 Å². The first-order valence-electron chi connectivity index (χ1n) is 6.70. The smallest absolute Gasteiger partial charge is 0.250 e. The number of nitrogens with one attached hydrogen (secondary N) is 2. The molecule has 0 unspecified atom stereocenters. The molecule has 116 valence electrons. The van der Waals surface area contributed by atoms with Crippen molar-refractivity contribution in [2.24, 2.45) is 0 Å². The third-order valence-electron chi connectivity index (χ3n) is 2.91. The predicted molar refractivity (Wildman–Crippen MR) is 88.1 cm³/mol. The van der Waals surface area contributed by atoms with Gasteiger partial charge in [0, 0.05) is 17.7 Å². The Hall–Kier alpha value is -3.00. The van der Waals surface area contributed by atoms with Gasteiger partial charge >= 0.3 is 0 Å². The molecule has 2 heterocycles. The Labute approximate surface area is 136 Å². The Kier molecular flexibility index (Phi) is 4.44. The Morgan fingerprint density at radius 2 is 2.26 bits per heavy atom. The van der Waals surface area contributed by atoms with Gasteiger partial charge in [-0.1, -0.05) is 12.1 Å². The van der Waals surface area contributed by atoms with E-state index in [1.807, 2.05) is 29.6 Å². The summed E-state index contributed by atoms with van der Waals surface area (Å²) in [4.78, 5) is 20.1. The number of para-hydroxylation sites is 1. The number of rotatable bonds is 5. The zero-order chi connectivity index (χ0) is 16.1. The number of aromatic amines is 1. The summed E-state index contributed by atoms with van der Waals surface area (Å²) >= 11 is 1.45. The van der Waals surface area contributed by atoms with Crippen molar-refractivity contribution in [3.05, 3.63) is 46.9 Å². The number of carbonyl (C=O) groups excluding carboxylic acids is 1. The predicted octanol–water partition coefficient (Wildman–Crippen LogP) is 2.59. The van der Waals surface area contributed by atoms with E-state index in [-0.39, 0.29) is 11.9 Å². The van der Waals surface area contributed by atoms with E-state index in [9.17, 15) is 4.79 Å². The molecule has 0 radical (unpaired) electrons. The highest BCUT2D eigenvalue weighted by molar-refractivity contribution is 7.10. The summed E-state index contributed by atoms with van der Waals surface area (Å²) < 4.78 is 5.28. The van der Waals surface area contributed by atoms with E-state index in [4.69, 9.17) is 4.74 Å². The summed E-state index contributed by atoms with van der Waals surface area (Å²) in [5.74, 6) is 1.05. The quantitative estimate of drug-likeness (QED) is 0.703. The first kappa shape index (κ1) is 14.9. The van der Waals surface area contributed by atoms with E-state index in [1.54, 1.807) is 19.4 Å². The van der Waals surface area contributed by atoms with Crippen molar-refractivity contribution in [1.29, 1.82) is 0 Å². The molecule has 3 rings (SSSR count). The number of amides is 1. The zero-order valence-electron chi connectivity index (χ0n) is 12.2. The van der Waals surface area contributed by atoms with E-state index in [1.165, 1.54) is 17.4 Å². The number of H-pyrrole nitrogens is 1. The van der Waals surface area contributed by atoms with Crippen molar-refractivity contribution in [2.75, 3.05) is 12.4 Å². The molecule has 0 aliphatic heterocycles. The van der Waals surface area contributed by atoms with Crippen molar-refractivity contribution in [3.8, 4) is 17.1 Å². The van der Waals surface area contributed by atoms with Gasteiger partial charge in [0.05, 0.1) is 12.7 Å². The summed E-state index contributed by atoms with van der Waals surface area (Å²) in [6.45, 7) is 0. The number of ether oxygens (including phenoxy) is 1. The minimum atomic E-state index is -0.328. The van der Waals surface area contributed by atoms with Gasteiger partial charge in [0.2, 0.25) is 5.95 Å². The van der Waals surface area contributed by atoms with Gasteiger partial charge in [-0.2, -0.15) is 4.98 Å². The van der Waals surface area contributed by atoms with Crippen LogP contribution in [-0.2, 0) is 4.79 Å². The number of hydrogen-bond donors (Lipinski definition) is 2. The van der Waals surface area contributed by atoms with Gasteiger partial charge < -0.3 is 4.74 Å². The minimum absolute atomic E-state index is 0.194. The average molecular weight is 327 g/mol. The summed E-state index contributed by atoms with van der Waals surface area (Å²) in [7, 11) is 1.58. The van der Waals surface area contributed by atoms with Gasteiger partial charge in [0.1, 0.15) is 10.8 Å². The molecule has 2 aromatic heterocycles. The summed E-state index contributed by atoms with van der Waals surface area (Å²) in [6.07, 6.45) is 4.70. The van der Waals surface area contributed by atoms with Crippen molar-refractivity contribution < 1.29 is 9.53 Å². The lowest BCUT2D eigenvalue weighted by molar-refractivity contribution is -0.111. The molecule has 0 aliphatic carbocycles. The number of thiazole rings is 1. The highest BCUT2D eigenvalue weighted by Crippen LogP contribution is 2.26. The highest BCUT2D eigenvalue weighted by atomic mass is 32.1. The molecule has 0 fully saturated rings. The number of hydrogen-bond acceptors (Lipinski definition) is 6. The molecule has 0 saturated carbocycles. The van der Waals surface area contributed by atoms with Crippen LogP contribution in [0.1, 0.15) is 5.01 Å². The van der Waals surface area contributed by atoms with Crippen LogP contribution in [0, 0.1) is 0 Å². The molecule has 0 spiro atoms. The van der Waals surface area contributed by atoms with Crippen molar-refractivity contribution in [3.63, 3.8) is 0 Å². The maximum Gasteiger partial charge on any atom is 0.250 e. The fourth-order valence-corrected chi connectivity index (χ4v) is 2.42. The number of benzene rings is 1. The molecule has 8 heteroatoms. The van der Waals surface area contributed by atoms with Crippen LogP contribution in [0.25, 0.3) is 17.5 Å². The second kappa shape index (κ2) is 6.84. The fourth-order valence-electron chi connectivity index (χ4n) is 1.89. The van der Waals surface area contributed by atoms with E-state index in [0.29, 0.717) is 11.6 Å². The molecule has 7 nitrogen and oxygen atoms in total. The molecule has 2 N–H and O–H groups in total. The largest absolute Gasteiger partial charge is 0.496 e. The fraction of sp³-hybridized carbons (Fsp3) is 0.0667. The van der Waals surface area contributed by atoms with Crippen LogP contribution in [-0.4, -0.2) is 33.2 Å². The highest BCUT2D eigenvalue weighted by Gasteiger charge is 2.11. The van der Waals surface area contributed by atoms with Crippen LogP contribution in [0.3, 0.4) is 0 Å². The average Bonchev–Trinajstić information content (AvgIpc) is 3.24. The Morgan fingerprint density at radius 3 is 3.04 bits per heavy atom. The molecule has 1 aromatic carbocycles. The Bertz CT molecular complexity index is 826. The van der Waals surface area contributed by atoms with E-state index in [2.05, 4.69) is 25.5 Å². The summed E-state index contributed by atoms with van der Waals surface area (Å²) in [5.41, 5.74) is 0.765. The van der Waals surface area contributed by atoms with Gasteiger partial charge in [-0.3, -0.25) is 15.2 Å². The van der Waals surface area contributed by atoms with Gasteiger partial charge in [-0.05, 0) is 18.2 Å². The van der Waals surface area contributed by atoms with Crippen molar-refractivity contribution in [1.82, 2.24) is 20.2 Å². The third-order valence-corrected chi connectivity index (χ3v) is 3.65. The minimum Gasteiger partial charge on any atom is -0.496 e. The maximum absolute atomic E-state index is 11.8. The second-order valence-corrected chi connectivity index (χ2v) is 5.33. The maximum atomic E-state index is 11.8. The Morgan fingerprint density at radius 1 is 1.39 bits per heavy atom. The molecule has 0 bridgehead atoms. The van der Waals surface area contributed by atoms with Gasteiger partial charge in [0.25, 0.3) is 5.91 Å². The number of anilines is 1. The molecule has 0 aliphatic rings. The van der Waals surface area contributed by atoms with Crippen LogP contribution in [0.2, 0.25) is 0 Å². The van der Waals surface area contributed by atoms with Gasteiger partial charge in [0.15, 0.2) is 5.82 Å². The molecule has 1 amide bonds. The third kappa shape index (κ3) is 3.61. The topological polar surface area (TPSA) is 92.8 Å². The summed E-state index contributed by atoms with van der Waals surface area (Å²) in [6, 6.07) is 7.42. The van der Waals surface area contributed by atoms with Crippen LogP contribution < -0.4 is 10.1 Å². The van der Waals surface area contributed by atoms with Crippen LogP contribution >= 0.6 is 11.3 Å². The zero-order valence-corrected chi connectivity index (χ0v) is 13.0. The lowest BCUT2D eigenvalue weighted by atomic mass is 10.2.